The Kier molecular flexibility index (Phi) is 6.05. The summed E-state index contributed by atoms with van der Waals surface area (Å²) in [5.41, 5.74) is 5.90. The molecule has 0 unspecified atom stereocenters. The summed E-state index contributed by atoms with van der Waals surface area (Å²) in [7, 11) is 0. The second kappa shape index (κ2) is 7.63. The van der Waals surface area contributed by atoms with Crippen LogP contribution in [0.1, 0.15) is 37.6 Å². The van der Waals surface area contributed by atoms with E-state index < -0.39 is 23.3 Å². The van der Waals surface area contributed by atoms with Gasteiger partial charge in [-0.15, -0.1) is 0 Å². The quantitative estimate of drug-likeness (QED) is 0.372. The van der Waals surface area contributed by atoms with Crippen LogP contribution in [-0.2, 0) is 0 Å². The van der Waals surface area contributed by atoms with Crippen LogP contribution in [0, 0.1) is 3.57 Å². The van der Waals surface area contributed by atoms with Gasteiger partial charge in [0.15, 0.2) is 5.79 Å². The largest absolute Gasteiger partial charge is 0.507 e. The lowest BCUT2D eigenvalue weighted by Crippen LogP contribution is -2.52. The first-order chi connectivity index (χ1) is 12.4. The maximum Gasteiger partial charge on any atom is 0.419 e. The van der Waals surface area contributed by atoms with E-state index in [4.69, 9.17) is 5.73 Å². The second-order valence-electron chi connectivity index (χ2n) is 6.28. The Balaban J connectivity index is 2.62. The monoisotopic (exact) mass is 493 g/mol. The van der Waals surface area contributed by atoms with Gasteiger partial charge in [-0.3, -0.25) is 15.5 Å². The van der Waals surface area contributed by atoms with Gasteiger partial charge in [0.05, 0.1) is 14.8 Å². The van der Waals surface area contributed by atoms with E-state index >= 15 is 0 Å². The molecule has 3 N–H and O–H groups in total. The molecule has 1 aliphatic heterocycles. The Morgan fingerprint density at radius 1 is 1.41 bits per heavy atom. The number of carbonyl (C=O) groups excluding carboxylic acids is 1. The summed E-state index contributed by atoms with van der Waals surface area (Å²) >= 11 is 1.87. The molecule has 0 spiro atoms. The minimum absolute atomic E-state index is 0.00961. The van der Waals surface area contributed by atoms with Gasteiger partial charge in [-0.05, 0) is 66.6 Å². The molecule has 0 aromatic heterocycles. The number of alkyl halides is 3. The number of benzene rings is 1. The Bertz CT molecular complexity index is 858. The maximum absolute atomic E-state index is 13.2. The topological polar surface area (TPSA) is 78.9 Å². The lowest BCUT2D eigenvalue weighted by Gasteiger charge is -2.39. The van der Waals surface area contributed by atoms with Gasteiger partial charge in [0.2, 0.25) is 5.78 Å². The standard InChI is InChI=1S/C18H19F3IN3O2/c1-4-10(2)15(16(27)11-5-6-14(26)13(22)7-11)25-9-12(18(19,20)21)8-24-17(25,3)23/h5-9,26H,4,23H2,1-3H3/b15-10+/t17-/m0/s1. The number of allylic oxidation sites excluding steroid dienone is 3. The molecular formula is C18H19F3IN3O2. The SMILES string of the molecule is CC/C(C)=C(\C(=O)c1ccc(O)c(I)c1)N1C=C(C(F)(F)F)C=N[C@]1(C)N. The van der Waals surface area contributed by atoms with Gasteiger partial charge in [0, 0.05) is 18.0 Å². The number of halogens is 4. The van der Waals surface area contributed by atoms with Crippen LogP contribution in [0.5, 0.6) is 5.75 Å². The highest BCUT2D eigenvalue weighted by molar-refractivity contribution is 14.1. The van der Waals surface area contributed by atoms with Gasteiger partial charge in [-0.25, -0.2) is 0 Å². The third kappa shape index (κ3) is 4.52. The Hall–Kier alpha value is -1.88. The number of hydrogen-bond acceptors (Lipinski definition) is 5. The van der Waals surface area contributed by atoms with Gasteiger partial charge in [0.25, 0.3) is 0 Å². The smallest absolute Gasteiger partial charge is 0.419 e. The van der Waals surface area contributed by atoms with Gasteiger partial charge < -0.3 is 10.0 Å². The summed E-state index contributed by atoms with van der Waals surface area (Å²) in [5, 5.41) is 9.66. The molecule has 9 heteroatoms. The highest BCUT2D eigenvalue weighted by Gasteiger charge is 2.40. The van der Waals surface area contributed by atoms with Crippen LogP contribution in [0.25, 0.3) is 0 Å². The lowest BCUT2D eigenvalue weighted by molar-refractivity contribution is -0.0875. The fraction of sp³-hybridized carbons (Fsp3) is 0.333. The number of aromatic hydroxyl groups is 1. The predicted molar refractivity (Wildman–Crippen MR) is 105 cm³/mol. The maximum atomic E-state index is 13.2. The van der Waals surface area contributed by atoms with E-state index in [1.54, 1.807) is 13.8 Å². The van der Waals surface area contributed by atoms with Crippen LogP contribution >= 0.6 is 22.6 Å². The zero-order valence-corrected chi connectivity index (χ0v) is 17.1. The number of nitrogens with two attached hydrogens (primary N) is 1. The predicted octanol–water partition coefficient (Wildman–Crippen LogP) is 4.33. The van der Waals surface area contributed by atoms with E-state index in [0.717, 1.165) is 11.1 Å². The number of rotatable bonds is 4. The molecule has 27 heavy (non-hydrogen) atoms. The van der Waals surface area contributed by atoms with Crippen LogP contribution in [-0.4, -0.2) is 34.0 Å². The normalized spacial score (nSPS) is 21.0. The van der Waals surface area contributed by atoms with E-state index in [0.29, 0.717) is 21.8 Å². The molecule has 0 saturated heterocycles. The third-order valence-electron chi connectivity index (χ3n) is 4.15. The number of aliphatic imine (C=N–C) groups is 1. The molecule has 0 bridgehead atoms. The van der Waals surface area contributed by atoms with E-state index in [9.17, 15) is 23.1 Å². The van der Waals surface area contributed by atoms with E-state index in [1.807, 2.05) is 22.6 Å². The van der Waals surface area contributed by atoms with Crippen molar-refractivity contribution in [3.8, 4) is 5.75 Å². The molecule has 1 aliphatic rings. The van der Waals surface area contributed by atoms with E-state index in [2.05, 4.69) is 4.99 Å². The zero-order chi connectivity index (χ0) is 20.6. The average molecular weight is 493 g/mol. The van der Waals surface area contributed by atoms with Crippen molar-refractivity contribution in [2.75, 3.05) is 0 Å². The Morgan fingerprint density at radius 3 is 2.56 bits per heavy atom. The van der Waals surface area contributed by atoms with Crippen LogP contribution in [0.3, 0.4) is 0 Å². The first-order valence-electron chi connectivity index (χ1n) is 8.04. The molecule has 1 atom stereocenters. The van der Waals surface area contributed by atoms with Crippen LogP contribution < -0.4 is 5.73 Å². The van der Waals surface area contributed by atoms with E-state index in [1.165, 1.54) is 25.1 Å². The fourth-order valence-corrected chi connectivity index (χ4v) is 2.98. The lowest BCUT2D eigenvalue weighted by atomic mass is 10.0. The number of hydrogen-bond donors (Lipinski definition) is 2. The minimum Gasteiger partial charge on any atom is -0.507 e. The van der Waals surface area contributed by atoms with Crippen LogP contribution in [0.2, 0.25) is 0 Å². The molecule has 146 valence electrons. The highest BCUT2D eigenvalue weighted by Crippen LogP contribution is 2.34. The summed E-state index contributed by atoms with van der Waals surface area (Å²) in [5.74, 6) is -2.05. The van der Waals surface area contributed by atoms with Crippen LogP contribution in [0.4, 0.5) is 13.2 Å². The summed E-state index contributed by atoms with van der Waals surface area (Å²) < 4.78 is 40.0. The minimum atomic E-state index is -4.62. The van der Waals surface area contributed by atoms with Crippen molar-refractivity contribution in [3.05, 3.63) is 50.4 Å². The first kappa shape index (κ1) is 21.4. The Labute approximate surface area is 168 Å². The number of nitrogens with zero attached hydrogens (tertiary/aromatic N) is 2. The molecule has 1 aromatic carbocycles. The van der Waals surface area contributed by atoms with Crippen molar-refractivity contribution in [2.45, 2.75) is 39.2 Å². The number of phenols is 1. The summed E-state index contributed by atoms with van der Waals surface area (Å²) in [6.45, 7) is 4.87. The second-order valence-corrected chi connectivity index (χ2v) is 7.44. The van der Waals surface area contributed by atoms with E-state index in [-0.39, 0.29) is 17.0 Å². The molecule has 2 rings (SSSR count). The summed E-state index contributed by atoms with van der Waals surface area (Å²) in [6, 6.07) is 4.25. The number of carbonyl (C=O) groups is 1. The summed E-state index contributed by atoms with van der Waals surface area (Å²) in [6.07, 6.45) is -2.71. The van der Waals surface area contributed by atoms with Crippen LogP contribution in [0.15, 0.2) is 46.2 Å². The zero-order valence-electron chi connectivity index (χ0n) is 14.9. The van der Waals surface area contributed by atoms with Gasteiger partial charge >= 0.3 is 6.18 Å². The molecule has 1 heterocycles. The molecule has 0 fully saturated rings. The molecule has 1 aromatic rings. The molecule has 0 amide bonds. The Morgan fingerprint density at radius 2 is 2.04 bits per heavy atom. The number of phenolic OH excluding ortho intramolecular Hbond substituents is 1. The fourth-order valence-electron chi connectivity index (χ4n) is 2.46. The van der Waals surface area contributed by atoms with Gasteiger partial charge in [0.1, 0.15) is 5.75 Å². The van der Waals surface area contributed by atoms with Crippen molar-refractivity contribution < 1.29 is 23.1 Å². The molecule has 0 saturated carbocycles. The first-order valence-corrected chi connectivity index (χ1v) is 9.11. The van der Waals surface area contributed by atoms with Crippen molar-refractivity contribution >= 4 is 34.6 Å². The summed E-state index contributed by atoms with van der Waals surface area (Å²) in [4.78, 5) is 18.0. The van der Waals surface area contributed by atoms with Crippen molar-refractivity contribution in [2.24, 2.45) is 10.7 Å². The third-order valence-corrected chi connectivity index (χ3v) is 5.01. The van der Waals surface area contributed by atoms with Gasteiger partial charge in [-0.2, -0.15) is 13.2 Å². The average Bonchev–Trinajstić information content (AvgIpc) is 2.57. The molecule has 0 radical (unpaired) electrons. The van der Waals surface area contributed by atoms with Crippen molar-refractivity contribution in [3.63, 3.8) is 0 Å². The van der Waals surface area contributed by atoms with Crippen molar-refractivity contribution in [1.29, 1.82) is 0 Å². The molecule has 0 aliphatic carbocycles. The number of ketones is 1. The number of Topliss-reactive ketones (excluding diaryl/α,β-unsaturated/α-hetero) is 1. The molecule has 5 nitrogen and oxygen atoms in total. The van der Waals surface area contributed by atoms with Crippen molar-refractivity contribution in [1.82, 2.24) is 4.90 Å². The molecular weight excluding hydrogens is 474 g/mol. The van der Waals surface area contributed by atoms with Gasteiger partial charge in [-0.1, -0.05) is 6.92 Å². The highest BCUT2D eigenvalue weighted by atomic mass is 127.